The molecule has 0 radical (unpaired) electrons. The molecule has 0 atom stereocenters. The minimum atomic E-state index is -4.47. The van der Waals surface area contributed by atoms with Gasteiger partial charge in [-0.2, -0.15) is 13.2 Å². The molecule has 0 bridgehead atoms. The molecule has 1 aliphatic heterocycles. The van der Waals surface area contributed by atoms with Gasteiger partial charge >= 0.3 is 6.18 Å². The highest BCUT2D eigenvalue weighted by Gasteiger charge is 2.31. The topological polar surface area (TPSA) is 139 Å². The second-order valence-electron chi connectivity index (χ2n) is 6.95. The van der Waals surface area contributed by atoms with Crippen LogP contribution in [0.3, 0.4) is 0 Å². The normalized spacial score (nSPS) is 13.3. The molecule has 32 heavy (non-hydrogen) atoms. The van der Waals surface area contributed by atoms with Gasteiger partial charge in [-0.3, -0.25) is 9.59 Å². The fourth-order valence-electron chi connectivity index (χ4n) is 3.28. The Labute approximate surface area is 176 Å². The van der Waals surface area contributed by atoms with E-state index < -0.39 is 17.6 Å². The van der Waals surface area contributed by atoms with Gasteiger partial charge in [0, 0.05) is 11.6 Å². The predicted octanol–water partition coefficient (Wildman–Crippen LogP) is 2.45. The van der Waals surface area contributed by atoms with Gasteiger partial charge in [0.25, 0.3) is 5.91 Å². The molecule has 3 N–H and O–H groups in total. The van der Waals surface area contributed by atoms with Crippen LogP contribution in [0.4, 0.5) is 19.0 Å². The Balaban J connectivity index is 1.31. The molecule has 13 heteroatoms. The summed E-state index contributed by atoms with van der Waals surface area (Å²) in [4.78, 5) is 38.9. The summed E-state index contributed by atoms with van der Waals surface area (Å²) in [6.07, 6.45) is -3.28. The van der Waals surface area contributed by atoms with Crippen molar-refractivity contribution in [2.24, 2.45) is 0 Å². The Kier molecular flexibility index (Phi) is 4.39. The second-order valence-corrected chi connectivity index (χ2v) is 6.95. The monoisotopic (exact) mass is 443 g/mol. The summed E-state index contributed by atoms with van der Waals surface area (Å²) in [6, 6.07) is 4.66. The van der Waals surface area contributed by atoms with Gasteiger partial charge in [0.2, 0.25) is 11.7 Å². The van der Waals surface area contributed by atoms with Crippen LogP contribution in [0.15, 0.2) is 35.1 Å². The van der Waals surface area contributed by atoms with Crippen molar-refractivity contribution in [1.29, 1.82) is 0 Å². The molecule has 1 aromatic carbocycles. The number of carbonyl (C=O) groups excluding carboxylic acids is 2. The first-order valence-electron chi connectivity index (χ1n) is 9.23. The van der Waals surface area contributed by atoms with Gasteiger partial charge in [0.1, 0.15) is 23.5 Å². The van der Waals surface area contributed by atoms with Crippen molar-refractivity contribution in [2.75, 3.05) is 5.32 Å². The minimum absolute atomic E-state index is 0.00907. The van der Waals surface area contributed by atoms with Crippen LogP contribution in [-0.4, -0.2) is 36.9 Å². The smallest absolute Gasteiger partial charge is 0.353 e. The molecule has 2 amide bonds. The first-order valence-corrected chi connectivity index (χ1v) is 9.23. The van der Waals surface area contributed by atoms with Gasteiger partial charge < -0.3 is 20.1 Å². The van der Waals surface area contributed by atoms with Crippen LogP contribution in [0.5, 0.6) is 0 Å². The number of benzene rings is 1. The largest absolute Gasteiger partial charge is 0.416 e. The molecule has 5 rings (SSSR count). The Morgan fingerprint density at radius 1 is 1.22 bits per heavy atom. The molecule has 0 saturated heterocycles. The number of aromatic amines is 1. The molecule has 0 aliphatic carbocycles. The number of halogens is 3. The average molecular weight is 443 g/mol. The number of hydrogen-bond acceptors (Lipinski definition) is 7. The van der Waals surface area contributed by atoms with Crippen LogP contribution in [0.1, 0.15) is 27.3 Å². The van der Waals surface area contributed by atoms with Crippen LogP contribution < -0.4 is 10.6 Å². The molecule has 4 heterocycles. The zero-order valence-electron chi connectivity index (χ0n) is 15.9. The molecule has 1 aliphatic rings. The molecule has 0 unspecified atom stereocenters. The highest BCUT2D eigenvalue weighted by Crippen LogP contribution is 2.31. The van der Waals surface area contributed by atoms with Gasteiger partial charge in [-0.05, 0) is 18.2 Å². The Morgan fingerprint density at radius 3 is 2.88 bits per heavy atom. The number of hydrogen-bond donors (Lipinski definition) is 3. The van der Waals surface area contributed by atoms with Crippen LogP contribution in [0.2, 0.25) is 0 Å². The fraction of sp³-hybridized carbons (Fsp3) is 0.158. The van der Waals surface area contributed by atoms with Crippen molar-refractivity contribution < 1.29 is 27.3 Å². The molecule has 10 nitrogen and oxygen atoms in total. The van der Waals surface area contributed by atoms with Crippen molar-refractivity contribution in [3.63, 3.8) is 0 Å². The maximum atomic E-state index is 12.9. The lowest BCUT2D eigenvalue weighted by Crippen LogP contribution is -2.25. The van der Waals surface area contributed by atoms with E-state index in [1.807, 2.05) is 0 Å². The number of carbonyl (C=O) groups is 2. The predicted molar refractivity (Wildman–Crippen MR) is 102 cm³/mol. The summed E-state index contributed by atoms with van der Waals surface area (Å²) in [5.41, 5.74) is 0.576. The number of imidazole rings is 1. The third-order valence-electron chi connectivity index (χ3n) is 4.79. The Hall–Kier alpha value is -4.29. The van der Waals surface area contributed by atoms with Crippen LogP contribution >= 0.6 is 0 Å². The number of alkyl halides is 3. The third-order valence-corrected chi connectivity index (χ3v) is 4.79. The van der Waals surface area contributed by atoms with Crippen LogP contribution in [-0.2, 0) is 23.9 Å². The molecular weight excluding hydrogens is 431 g/mol. The van der Waals surface area contributed by atoms with E-state index in [2.05, 4.69) is 35.7 Å². The molecule has 0 saturated carbocycles. The van der Waals surface area contributed by atoms with Gasteiger partial charge in [-0.1, -0.05) is 5.16 Å². The van der Waals surface area contributed by atoms with Gasteiger partial charge in [-0.25, -0.2) is 15.0 Å². The van der Waals surface area contributed by atoms with E-state index in [1.54, 1.807) is 0 Å². The lowest BCUT2D eigenvalue weighted by Gasteiger charge is -2.05. The third kappa shape index (κ3) is 3.53. The SMILES string of the molecule is O=C1Cc2c(ncnc2C(=O)NCc2cc(-c3nc4ccc(C(F)(F)F)cc4[nH]3)on2)N1. The average Bonchev–Trinajstić information content (AvgIpc) is 3.46. The quantitative estimate of drug-likeness (QED) is 0.440. The maximum absolute atomic E-state index is 12.9. The molecular formula is C19H12F3N7O3. The first-order chi connectivity index (χ1) is 15.3. The molecule has 162 valence electrons. The van der Waals surface area contributed by atoms with Gasteiger partial charge in [0.15, 0.2) is 5.82 Å². The summed E-state index contributed by atoms with van der Waals surface area (Å²) in [6.45, 7) is -0.0130. The van der Waals surface area contributed by atoms with Gasteiger partial charge in [-0.15, -0.1) is 0 Å². The van der Waals surface area contributed by atoms with Gasteiger partial charge in [0.05, 0.1) is 29.6 Å². The van der Waals surface area contributed by atoms with Crippen molar-refractivity contribution in [3.05, 3.63) is 53.1 Å². The molecule has 0 fully saturated rings. The zero-order valence-corrected chi connectivity index (χ0v) is 15.9. The van der Waals surface area contributed by atoms with Crippen LogP contribution in [0.25, 0.3) is 22.6 Å². The molecule has 3 aromatic heterocycles. The minimum Gasteiger partial charge on any atom is -0.353 e. The van der Waals surface area contributed by atoms with E-state index in [1.165, 1.54) is 18.5 Å². The second kappa shape index (κ2) is 7.14. The van der Waals surface area contributed by atoms with E-state index in [9.17, 15) is 22.8 Å². The summed E-state index contributed by atoms with van der Waals surface area (Å²) in [5.74, 6) is -0.103. The highest BCUT2D eigenvalue weighted by atomic mass is 19.4. The number of aromatic nitrogens is 5. The Morgan fingerprint density at radius 2 is 2.06 bits per heavy atom. The number of anilines is 1. The molecule has 0 spiro atoms. The van der Waals surface area contributed by atoms with Crippen molar-refractivity contribution >= 4 is 28.7 Å². The van der Waals surface area contributed by atoms with E-state index in [-0.39, 0.29) is 41.7 Å². The van der Waals surface area contributed by atoms with E-state index >= 15 is 0 Å². The number of H-pyrrole nitrogens is 1. The number of nitrogens with zero attached hydrogens (tertiary/aromatic N) is 4. The summed E-state index contributed by atoms with van der Waals surface area (Å²) >= 11 is 0. The lowest BCUT2D eigenvalue weighted by atomic mass is 10.1. The fourth-order valence-corrected chi connectivity index (χ4v) is 3.28. The maximum Gasteiger partial charge on any atom is 0.416 e. The van der Waals surface area contributed by atoms with Crippen LogP contribution in [0, 0.1) is 0 Å². The van der Waals surface area contributed by atoms with Crippen molar-refractivity contribution in [3.8, 4) is 11.6 Å². The standard InChI is InChI=1S/C19H12F3N7O3/c20-19(21,22)8-1-2-11-12(3-8)27-17(26-11)13-4-9(29-32-13)6-23-18(31)15-10-5-14(30)28-16(10)25-7-24-15/h1-4,7H,5-6H2,(H,23,31)(H,26,27)(H,24,25,28,30). The number of rotatable bonds is 4. The molecule has 4 aromatic rings. The summed E-state index contributed by atoms with van der Waals surface area (Å²) in [5, 5.41) is 9.01. The number of nitrogens with one attached hydrogen (secondary N) is 3. The van der Waals surface area contributed by atoms with Crippen molar-refractivity contribution in [1.82, 2.24) is 30.4 Å². The van der Waals surface area contributed by atoms with E-state index in [0.717, 1.165) is 12.1 Å². The van der Waals surface area contributed by atoms with E-state index in [0.29, 0.717) is 22.6 Å². The first kappa shape index (κ1) is 19.7. The van der Waals surface area contributed by atoms with E-state index in [4.69, 9.17) is 4.52 Å². The Bertz CT molecular complexity index is 1380. The highest BCUT2D eigenvalue weighted by molar-refractivity contribution is 6.03. The van der Waals surface area contributed by atoms with Crippen molar-refractivity contribution in [2.45, 2.75) is 19.1 Å². The number of amides is 2. The zero-order chi connectivity index (χ0) is 22.5. The summed E-state index contributed by atoms with van der Waals surface area (Å²) in [7, 11) is 0. The number of fused-ring (bicyclic) bond motifs is 2. The summed E-state index contributed by atoms with van der Waals surface area (Å²) < 4.78 is 43.9. The lowest BCUT2D eigenvalue weighted by molar-refractivity contribution is -0.137.